The molecule has 0 unspecified atom stereocenters. The van der Waals surface area contributed by atoms with Crippen molar-refractivity contribution in [2.75, 3.05) is 20.1 Å². The lowest BCUT2D eigenvalue weighted by atomic mass is 10.0. The Morgan fingerprint density at radius 3 is 2.85 bits per heavy atom. The van der Waals surface area contributed by atoms with E-state index < -0.39 is 0 Å². The monoisotopic (exact) mass is 375 g/mol. The molecule has 0 aromatic carbocycles. The summed E-state index contributed by atoms with van der Waals surface area (Å²) in [4.78, 5) is 6.87. The Labute approximate surface area is 159 Å². The Hall–Kier alpha value is -1.86. The van der Waals surface area contributed by atoms with Gasteiger partial charge in [0, 0.05) is 38.8 Å². The second-order valence-electron chi connectivity index (χ2n) is 7.12. The van der Waals surface area contributed by atoms with Crippen LogP contribution >= 0.6 is 11.3 Å². The van der Waals surface area contributed by atoms with Crippen LogP contribution in [0.1, 0.15) is 49.6 Å². The topological polar surface area (TPSA) is 65.7 Å². The van der Waals surface area contributed by atoms with Gasteiger partial charge in [0.15, 0.2) is 11.7 Å². The fourth-order valence-corrected chi connectivity index (χ4v) is 3.78. The van der Waals surface area contributed by atoms with E-state index in [4.69, 9.17) is 4.52 Å². The Kier molecular flexibility index (Phi) is 6.68. The number of aromatic nitrogens is 1. The maximum Gasteiger partial charge on any atom is 0.191 e. The summed E-state index contributed by atoms with van der Waals surface area (Å²) in [5, 5.41) is 15.3. The molecule has 1 saturated heterocycles. The zero-order valence-electron chi connectivity index (χ0n) is 15.9. The molecule has 0 atom stereocenters. The summed E-state index contributed by atoms with van der Waals surface area (Å²) >= 11 is 1.77. The first-order valence-corrected chi connectivity index (χ1v) is 10.2. The molecule has 2 N–H and O–H groups in total. The van der Waals surface area contributed by atoms with Crippen LogP contribution in [0.5, 0.6) is 0 Å². The van der Waals surface area contributed by atoms with Crippen molar-refractivity contribution in [2.45, 2.75) is 51.7 Å². The van der Waals surface area contributed by atoms with Crippen LogP contribution in [0, 0.1) is 0 Å². The predicted molar refractivity (Wildman–Crippen MR) is 107 cm³/mol. The van der Waals surface area contributed by atoms with Gasteiger partial charge in [0.1, 0.15) is 0 Å². The van der Waals surface area contributed by atoms with E-state index in [1.54, 1.807) is 18.4 Å². The number of guanidine groups is 1. The highest BCUT2D eigenvalue weighted by molar-refractivity contribution is 7.07. The summed E-state index contributed by atoms with van der Waals surface area (Å²) in [6, 6.07) is 4.68. The first kappa shape index (κ1) is 18.9. The van der Waals surface area contributed by atoms with Gasteiger partial charge in [-0.2, -0.15) is 11.3 Å². The highest BCUT2D eigenvalue weighted by Crippen LogP contribution is 2.16. The summed E-state index contributed by atoms with van der Waals surface area (Å²) in [5.41, 5.74) is 2.41. The number of hydrogen-bond donors (Lipinski definition) is 2. The normalized spacial score (nSPS) is 17.0. The lowest BCUT2D eigenvalue weighted by molar-refractivity contribution is 0.198. The van der Waals surface area contributed by atoms with Crippen LogP contribution in [-0.4, -0.2) is 42.2 Å². The zero-order chi connectivity index (χ0) is 18.4. The molecule has 6 nitrogen and oxygen atoms in total. The molecule has 3 rings (SSSR count). The standard InChI is InChI=1S/C19H29N5OS/c1-14(2)18-10-17(25-23-18)11-21-19(20-3)22-16-4-7-24(8-5-16)12-15-6-9-26-13-15/h6,9-10,13-14,16H,4-5,7-8,11-12H2,1-3H3,(H2,20,21,22). The molecule has 0 aliphatic carbocycles. The Balaban J connectivity index is 1.41. The van der Waals surface area contributed by atoms with Crippen LogP contribution in [0.4, 0.5) is 0 Å². The van der Waals surface area contributed by atoms with Crippen LogP contribution in [0.2, 0.25) is 0 Å². The fraction of sp³-hybridized carbons (Fsp3) is 0.579. The van der Waals surface area contributed by atoms with Crippen molar-refractivity contribution >= 4 is 17.3 Å². The van der Waals surface area contributed by atoms with Gasteiger partial charge in [-0.25, -0.2) is 0 Å². The molecule has 0 radical (unpaired) electrons. The van der Waals surface area contributed by atoms with E-state index in [1.165, 1.54) is 5.56 Å². The minimum absolute atomic E-state index is 0.379. The van der Waals surface area contributed by atoms with Gasteiger partial charge in [0.05, 0.1) is 12.2 Å². The number of rotatable bonds is 6. The van der Waals surface area contributed by atoms with Gasteiger partial charge in [-0.3, -0.25) is 9.89 Å². The number of piperidine rings is 1. The molecule has 1 fully saturated rings. The van der Waals surface area contributed by atoms with Gasteiger partial charge in [-0.05, 0) is 41.1 Å². The minimum atomic E-state index is 0.379. The molecule has 1 aliphatic rings. The van der Waals surface area contributed by atoms with Crippen molar-refractivity contribution < 1.29 is 4.52 Å². The van der Waals surface area contributed by atoms with Crippen molar-refractivity contribution in [2.24, 2.45) is 4.99 Å². The summed E-state index contributed by atoms with van der Waals surface area (Å²) in [7, 11) is 1.81. The summed E-state index contributed by atoms with van der Waals surface area (Å²) in [6.45, 7) is 8.11. The Morgan fingerprint density at radius 1 is 1.42 bits per heavy atom. The van der Waals surface area contributed by atoms with E-state index >= 15 is 0 Å². The quantitative estimate of drug-likeness (QED) is 0.600. The van der Waals surface area contributed by atoms with Crippen molar-refractivity contribution in [3.05, 3.63) is 39.9 Å². The highest BCUT2D eigenvalue weighted by atomic mass is 32.1. The van der Waals surface area contributed by atoms with Crippen LogP contribution in [0.25, 0.3) is 0 Å². The number of likely N-dealkylation sites (tertiary alicyclic amines) is 1. The molecular formula is C19H29N5OS. The average Bonchev–Trinajstić information content (AvgIpc) is 3.32. The van der Waals surface area contributed by atoms with Crippen LogP contribution < -0.4 is 10.6 Å². The summed E-state index contributed by atoms with van der Waals surface area (Å²) < 4.78 is 5.37. The molecule has 0 saturated carbocycles. The maximum absolute atomic E-state index is 5.37. The van der Waals surface area contributed by atoms with E-state index in [-0.39, 0.29) is 0 Å². The zero-order valence-corrected chi connectivity index (χ0v) is 16.7. The molecule has 3 heterocycles. The lowest BCUT2D eigenvalue weighted by Gasteiger charge is -2.32. The molecule has 2 aromatic heterocycles. The number of nitrogens with zero attached hydrogens (tertiary/aromatic N) is 3. The van der Waals surface area contributed by atoms with Gasteiger partial charge in [-0.15, -0.1) is 0 Å². The lowest BCUT2D eigenvalue weighted by Crippen LogP contribution is -2.48. The van der Waals surface area contributed by atoms with E-state index in [0.717, 1.165) is 49.9 Å². The average molecular weight is 376 g/mol. The molecule has 7 heteroatoms. The van der Waals surface area contributed by atoms with Gasteiger partial charge < -0.3 is 15.2 Å². The number of aliphatic imine (C=N–C) groups is 1. The van der Waals surface area contributed by atoms with Crippen LogP contribution in [-0.2, 0) is 13.1 Å². The van der Waals surface area contributed by atoms with Gasteiger partial charge in [0.25, 0.3) is 0 Å². The van der Waals surface area contributed by atoms with Gasteiger partial charge in [-0.1, -0.05) is 19.0 Å². The molecule has 1 aliphatic heterocycles. The molecule has 0 bridgehead atoms. The first-order chi connectivity index (χ1) is 12.6. The molecule has 26 heavy (non-hydrogen) atoms. The third-order valence-electron chi connectivity index (χ3n) is 4.74. The van der Waals surface area contributed by atoms with Crippen molar-refractivity contribution in [3.63, 3.8) is 0 Å². The molecule has 2 aromatic rings. The van der Waals surface area contributed by atoms with E-state index in [2.05, 4.69) is 56.4 Å². The summed E-state index contributed by atoms with van der Waals surface area (Å²) in [5.74, 6) is 2.04. The van der Waals surface area contributed by atoms with Crippen molar-refractivity contribution in [1.82, 2.24) is 20.7 Å². The van der Waals surface area contributed by atoms with Crippen molar-refractivity contribution in [3.8, 4) is 0 Å². The molecule has 0 spiro atoms. The second kappa shape index (κ2) is 9.19. The molecule has 0 amide bonds. The minimum Gasteiger partial charge on any atom is -0.359 e. The first-order valence-electron chi connectivity index (χ1n) is 9.30. The van der Waals surface area contributed by atoms with Gasteiger partial charge in [0.2, 0.25) is 0 Å². The van der Waals surface area contributed by atoms with Gasteiger partial charge >= 0.3 is 0 Å². The number of thiophene rings is 1. The largest absolute Gasteiger partial charge is 0.359 e. The third kappa shape index (κ3) is 5.32. The second-order valence-corrected chi connectivity index (χ2v) is 7.90. The fourth-order valence-electron chi connectivity index (χ4n) is 3.12. The van der Waals surface area contributed by atoms with E-state index in [1.807, 2.05) is 6.07 Å². The van der Waals surface area contributed by atoms with Crippen LogP contribution in [0.15, 0.2) is 32.4 Å². The predicted octanol–water partition coefficient (Wildman–Crippen LogP) is 3.19. The smallest absolute Gasteiger partial charge is 0.191 e. The van der Waals surface area contributed by atoms with E-state index in [9.17, 15) is 0 Å². The highest BCUT2D eigenvalue weighted by Gasteiger charge is 2.20. The third-order valence-corrected chi connectivity index (χ3v) is 5.47. The summed E-state index contributed by atoms with van der Waals surface area (Å²) in [6.07, 6.45) is 2.26. The Bertz CT molecular complexity index is 687. The number of hydrogen-bond acceptors (Lipinski definition) is 5. The Morgan fingerprint density at radius 2 is 2.23 bits per heavy atom. The SMILES string of the molecule is CN=C(NCc1cc(C(C)C)no1)NC1CCN(Cc2ccsc2)CC1. The molecule has 142 valence electrons. The maximum atomic E-state index is 5.37. The molecular weight excluding hydrogens is 346 g/mol. The van der Waals surface area contributed by atoms with Crippen molar-refractivity contribution in [1.29, 1.82) is 0 Å². The van der Waals surface area contributed by atoms with Crippen LogP contribution in [0.3, 0.4) is 0 Å². The number of nitrogens with one attached hydrogen (secondary N) is 2. The van der Waals surface area contributed by atoms with E-state index in [0.29, 0.717) is 18.5 Å².